The molecule has 1 unspecified atom stereocenters. The predicted octanol–water partition coefficient (Wildman–Crippen LogP) is 4.08. The zero-order chi connectivity index (χ0) is 22.6. The molecule has 7 nitrogen and oxygen atoms in total. The predicted molar refractivity (Wildman–Crippen MR) is 99.6 cm³/mol. The number of halogens is 4. The fourth-order valence-electron chi connectivity index (χ4n) is 2.58. The zero-order valence-corrected chi connectivity index (χ0v) is 16.5. The smallest absolute Gasteiger partial charge is 0.421 e. The van der Waals surface area contributed by atoms with Gasteiger partial charge in [0.1, 0.15) is 36.4 Å². The Balaban J connectivity index is 1.81. The topological polar surface area (TPSA) is 79.1 Å². The van der Waals surface area contributed by atoms with E-state index >= 15 is 0 Å². The standard InChI is InChI=1S/C20H18F4N4O3/c1-19(2,10-30-17-15(20(22,23)24)4-3-9-26-17)16(29)18(28-12-25-11-27-28)31-14-7-5-13(21)6-8-14/h3-9,11-12,18H,10H2,1-2H3. The monoisotopic (exact) mass is 438 g/mol. The highest BCUT2D eigenvalue weighted by Crippen LogP contribution is 2.35. The Hall–Kier alpha value is -3.50. The van der Waals surface area contributed by atoms with Crippen LogP contribution in [0.5, 0.6) is 11.6 Å². The minimum absolute atomic E-state index is 0.191. The summed E-state index contributed by atoms with van der Waals surface area (Å²) in [6.07, 6.45) is -2.36. The van der Waals surface area contributed by atoms with Crippen LogP contribution in [-0.4, -0.2) is 32.1 Å². The number of alkyl halides is 3. The molecule has 0 amide bonds. The Bertz CT molecular complexity index is 1020. The first kappa shape index (κ1) is 22.2. The van der Waals surface area contributed by atoms with E-state index in [0.717, 1.165) is 35.1 Å². The number of carbonyl (C=O) groups is 1. The summed E-state index contributed by atoms with van der Waals surface area (Å²) in [5.74, 6) is -1.48. The molecule has 0 fully saturated rings. The molecule has 2 aromatic heterocycles. The highest BCUT2D eigenvalue weighted by atomic mass is 19.4. The van der Waals surface area contributed by atoms with Gasteiger partial charge in [0.15, 0.2) is 0 Å². The van der Waals surface area contributed by atoms with E-state index in [0.29, 0.717) is 0 Å². The molecule has 0 aliphatic carbocycles. The van der Waals surface area contributed by atoms with E-state index in [1.807, 2.05) is 0 Å². The van der Waals surface area contributed by atoms with Crippen molar-refractivity contribution in [3.8, 4) is 11.6 Å². The average molecular weight is 438 g/mol. The quantitative estimate of drug-likeness (QED) is 0.493. The summed E-state index contributed by atoms with van der Waals surface area (Å²) in [4.78, 5) is 20.6. The van der Waals surface area contributed by atoms with Crippen LogP contribution in [0, 0.1) is 11.2 Å². The first-order chi connectivity index (χ1) is 14.6. The maximum Gasteiger partial charge on any atom is 0.421 e. The van der Waals surface area contributed by atoms with Gasteiger partial charge in [-0.25, -0.2) is 19.0 Å². The van der Waals surface area contributed by atoms with Crippen molar-refractivity contribution in [3.63, 3.8) is 0 Å². The van der Waals surface area contributed by atoms with E-state index in [2.05, 4.69) is 15.1 Å². The molecular formula is C20H18F4N4O3. The second kappa shape index (κ2) is 8.70. The molecule has 0 spiro atoms. The summed E-state index contributed by atoms with van der Waals surface area (Å²) in [6, 6.07) is 6.97. The maximum absolute atomic E-state index is 13.2. The van der Waals surface area contributed by atoms with Gasteiger partial charge in [0, 0.05) is 6.20 Å². The molecule has 164 valence electrons. The van der Waals surface area contributed by atoms with Gasteiger partial charge in [-0.3, -0.25) is 4.79 Å². The number of rotatable bonds is 8. The highest BCUT2D eigenvalue weighted by molar-refractivity contribution is 5.87. The first-order valence-electron chi connectivity index (χ1n) is 9.03. The molecule has 3 rings (SSSR count). The largest absolute Gasteiger partial charge is 0.476 e. The molecule has 0 aliphatic rings. The summed E-state index contributed by atoms with van der Waals surface area (Å²) in [7, 11) is 0. The number of hydrogen-bond donors (Lipinski definition) is 0. The van der Waals surface area contributed by atoms with E-state index in [1.165, 1.54) is 38.6 Å². The highest BCUT2D eigenvalue weighted by Gasteiger charge is 2.40. The van der Waals surface area contributed by atoms with Gasteiger partial charge in [0.2, 0.25) is 11.7 Å². The van der Waals surface area contributed by atoms with Crippen molar-refractivity contribution in [1.82, 2.24) is 19.7 Å². The SMILES string of the molecule is CC(C)(COc1ncccc1C(F)(F)F)C(=O)C(Oc1ccc(F)cc1)n1cncn1. The molecule has 2 heterocycles. The molecule has 3 aromatic rings. The molecule has 0 aliphatic heterocycles. The van der Waals surface area contributed by atoms with Crippen LogP contribution in [0.3, 0.4) is 0 Å². The van der Waals surface area contributed by atoms with Crippen LogP contribution in [0.2, 0.25) is 0 Å². The van der Waals surface area contributed by atoms with E-state index in [-0.39, 0.29) is 5.75 Å². The maximum atomic E-state index is 13.2. The lowest BCUT2D eigenvalue weighted by atomic mass is 9.88. The number of ketones is 1. The van der Waals surface area contributed by atoms with Crippen LogP contribution >= 0.6 is 0 Å². The Labute approximate surface area is 174 Å². The van der Waals surface area contributed by atoms with Crippen LogP contribution in [-0.2, 0) is 11.0 Å². The number of hydrogen-bond acceptors (Lipinski definition) is 6. The van der Waals surface area contributed by atoms with Crippen LogP contribution in [0.15, 0.2) is 55.2 Å². The van der Waals surface area contributed by atoms with Crippen molar-refractivity contribution >= 4 is 5.78 Å². The number of nitrogens with zero attached hydrogens (tertiary/aromatic N) is 4. The van der Waals surface area contributed by atoms with Gasteiger partial charge in [0.05, 0.1) is 5.41 Å². The number of aromatic nitrogens is 4. The van der Waals surface area contributed by atoms with E-state index in [4.69, 9.17) is 9.47 Å². The minimum Gasteiger partial charge on any atom is -0.476 e. The Morgan fingerprint density at radius 2 is 1.87 bits per heavy atom. The third-order valence-electron chi connectivity index (χ3n) is 4.28. The van der Waals surface area contributed by atoms with Crippen LogP contribution in [0.25, 0.3) is 0 Å². The summed E-state index contributed by atoms with van der Waals surface area (Å²) in [5, 5.41) is 3.91. The van der Waals surface area contributed by atoms with Gasteiger partial charge in [-0.2, -0.15) is 18.3 Å². The third-order valence-corrected chi connectivity index (χ3v) is 4.28. The van der Waals surface area contributed by atoms with Gasteiger partial charge in [-0.1, -0.05) is 0 Å². The number of ether oxygens (including phenoxy) is 2. The molecular weight excluding hydrogens is 420 g/mol. The van der Waals surface area contributed by atoms with Crippen LogP contribution in [0.4, 0.5) is 17.6 Å². The Morgan fingerprint density at radius 1 is 1.16 bits per heavy atom. The van der Waals surface area contributed by atoms with Crippen molar-refractivity contribution in [2.45, 2.75) is 26.3 Å². The van der Waals surface area contributed by atoms with Crippen LogP contribution in [0.1, 0.15) is 25.6 Å². The average Bonchev–Trinajstić information content (AvgIpc) is 3.25. The molecule has 31 heavy (non-hydrogen) atoms. The molecule has 1 aromatic carbocycles. The second-order valence-electron chi connectivity index (χ2n) is 7.19. The number of benzene rings is 1. The molecule has 0 saturated carbocycles. The zero-order valence-electron chi connectivity index (χ0n) is 16.5. The Kier molecular flexibility index (Phi) is 6.23. The third kappa shape index (κ3) is 5.36. The first-order valence-corrected chi connectivity index (χ1v) is 9.03. The van der Waals surface area contributed by atoms with Gasteiger partial charge in [0.25, 0.3) is 6.23 Å². The van der Waals surface area contributed by atoms with Crippen molar-refractivity contribution in [1.29, 1.82) is 0 Å². The fraction of sp³-hybridized carbons (Fsp3) is 0.300. The van der Waals surface area contributed by atoms with Gasteiger partial charge in [-0.15, -0.1) is 0 Å². The molecule has 0 saturated heterocycles. The van der Waals surface area contributed by atoms with E-state index in [1.54, 1.807) is 0 Å². The molecule has 0 radical (unpaired) electrons. The van der Waals surface area contributed by atoms with Crippen molar-refractivity contribution in [2.24, 2.45) is 5.41 Å². The summed E-state index contributed by atoms with van der Waals surface area (Å²) < 4.78 is 64.8. The summed E-state index contributed by atoms with van der Waals surface area (Å²) in [5.41, 5.74) is -2.36. The summed E-state index contributed by atoms with van der Waals surface area (Å²) >= 11 is 0. The number of carbonyl (C=O) groups excluding carboxylic acids is 1. The minimum atomic E-state index is -4.66. The van der Waals surface area contributed by atoms with Gasteiger partial charge in [-0.05, 0) is 50.2 Å². The lowest BCUT2D eigenvalue weighted by molar-refractivity contribution is -0.142. The summed E-state index contributed by atoms with van der Waals surface area (Å²) in [6.45, 7) is 2.57. The molecule has 11 heteroatoms. The molecule has 0 N–H and O–H groups in total. The van der Waals surface area contributed by atoms with Gasteiger partial charge < -0.3 is 9.47 Å². The number of Topliss-reactive ketones (excluding diaryl/α,β-unsaturated/α-hetero) is 1. The second-order valence-corrected chi connectivity index (χ2v) is 7.19. The lowest BCUT2D eigenvalue weighted by Gasteiger charge is -2.28. The van der Waals surface area contributed by atoms with E-state index in [9.17, 15) is 22.4 Å². The van der Waals surface area contributed by atoms with E-state index < -0.39 is 47.5 Å². The molecule has 1 atom stereocenters. The fourth-order valence-corrected chi connectivity index (χ4v) is 2.58. The van der Waals surface area contributed by atoms with Crippen molar-refractivity contribution in [3.05, 3.63) is 66.6 Å². The molecule has 0 bridgehead atoms. The van der Waals surface area contributed by atoms with Crippen LogP contribution < -0.4 is 9.47 Å². The lowest BCUT2D eigenvalue weighted by Crippen LogP contribution is -2.40. The Morgan fingerprint density at radius 3 is 2.48 bits per heavy atom. The van der Waals surface area contributed by atoms with Gasteiger partial charge >= 0.3 is 6.18 Å². The van der Waals surface area contributed by atoms with Crippen molar-refractivity contribution in [2.75, 3.05) is 6.61 Å². The number of pyridine rings is 1. The normalized spacial score (nSPS) is 13.0. The van der Waals surface area contributed by atoms with Crippen molar-refractivity contribution < 1.29 is 31.8 Å².